The third kappa shape index (κ3) is 4.81. The summed E-state index contributed by atoms with van der Waals surface area (Å²) in [6, 6.07) is 8.93. The van der Waals surface area contributed by atoms with E-state index in [0.717, 1.165) is 44.7 Å². The number of guanidine groups is 1. The van der Waals surface area contributed by atoms with Gasteiger partial charge in [0.15, 0.2) is 6.19 Å². The van der Waals surface area contributed by atoms with Crippen LogP contribution in [-0.4, -0.2) is 67.1 Å². The van der Waals surface area contributed by atoms with Crippen molar-refractivity contribution in [2.24, 2.45) is 4.99 Å². The fraction of sp³-hybridized carbons (Fsp3) is 0.391. The first kappa shape index (κ1) is 23.1. The van der Waals surface area contributed by atoms with E-state index in [0.29, 0.717) is 23.7 Å². The number of hydrogen-bond donors (Lipinski definition) is 4. The number of para-hydroxylation sites is 1. The van der Waals surface area contributed by atoms with E-state index in [1.54, 1.807) is 0 Å². The van der Waals surface area contributed by atoms with Gasteiger partial charge in [-0.05, 0) is 19.5 Å². The van der Waals surface area contributed by atoms with Crippen molar-refractivity contribution in [2.75, 3.05) is 63.2 Å². The number of ether oxygens (including phenoxy) is 1. The average Bonchev–Trinajstić information content (AvgIpc) is 2.83. The second-order valence-electron chi connectivity index (χ2n) is 8.29. The zero-order valence-corrected chi connectivity index (χ0v) is 19.1. The van der Waals surface area contributed by atoms with E-state index in [2.05, 4.69) is 37.5 Å². The number of hydrogen-bond acceptors (Lipinski definition) is 11. The number of nitrogens with zero attached hydrogens (tertiary/aromatic N) is 6. The maximum atomic E-state index is 9.52. The number of rotatable bonds is 6. The molecule has 0 amide bonds. The molecule has 2 aliphatic rings. The van der Waals surface area contributed by atoms with Crippen molar-refractivity contribution in [1.82, 2.24) is 20.1 Å². The van der Waals surface area contributed by atoms with Crippen LogP contribution in [0.15, 0.2) is 29.3 Å². The largest absolute Gasteiger partial charge is 0.493 e. The molecule has 0 spiro atoms. The van der Waals surface area contributed by atoms with Gasteiger partial charge in [-0.15, -0.1) is 0 Å². The van der Waals surface area contributed by atoms with Crippen molar-refractivity contribution < 1.29 is 4.74 Å². The highest BCUT2D eigenvalue weighted by atomic mass is 16.5. The second-order valence-corrected chi connectivity index (χ2v) is 8.29. The highest BCUT2D eigenvalue weighted by Gasteiger charge is 2.31. The second kappa shape index (κ2) is 10.3. The lowest BCUT2D eigenvalue weighted by atomic mass is 9.94. The number of likely N-dealkylation sites (N-methyl/N-ethyl adjacent to an activating group) is 1. The molecule has 176 valence electrons. The van der Waals surface area contributed by atoms with E-state index in [1.807, 2.05) is 36.5 Å². The van der Waals surface area contributed by atoms with E-state index in [-0.39, 0.29) is 23.0 Å². The Morgan fingerprint density at radius 2 is 1.97 bits per heavy atom. The summed E-state index contributed by atoms with van der Waals surface area (Å²) in [5.41, 5.74) is 13.8. The smallest absolute Gasteiger partial charge is 0.211 e. The van der Waals surface area contributed by atoms with E-state index in [4.69, 9.17) is 21.5 Å². The Hall–Kier alpha value is -4.06. The monoisotopic (exact) mass is 460 g/mol. The molecule has 11 nitrogen and oxygen atoms in total. The van der Waals surface area contributed by atoms with Gasteiger partial charge in [0.25, 0.3) is 0 Å². The highest BCUT2D eigenvalue weighted by molar-refractivity contribution is 5.98. The average molecular weight is 461 g/mol. The van der Waals surface area contributed by atoms with Crippen LogP contribution in [-0.2, 0) is 0 Å². The molecule has 0 saturated carbocycles. The first-order chi connectivity index (χ1) is 16.5. The molecule has 1 aromatic heterocycles. The first-order valence-corrected chi connectivity index (χ1v) is 11.1. The summed E-state index contributed by atoms with van der Waals surface area (Å²) in [7, 11) is 2.15. The molecule has 0 aliphatic carbocycles. The lowest BCUT2D eigenvalue weighted by molar-refractivity contribution is 0.145. The van der Waals surface area contributed by atoms with E-state index >= 15 is 0 Å². The summed E-state index contributed by atoms with van der Waals surface area (Å²) >= 11 is 0. The summed E-state index contributed by atoms with van der Waals surface area (Å²) in [6.45, 7) is 5.83. The molecule has 1 unspecified atom stereocenters. The van der Waals surface area contributed by atoms with Gasteiger partial charge in [-0.25, -0.2) is 9.98 Å². The Bertz CT molecular complexity index is 1160. The van der Waals surface area contributed by atoms with Crippen LogP contribution in [0.25, 0.3) is 0 Å². The molecule has 11 heteroatoms. The third-order valence-corrected chi connectivity index (χ3v) is 6.04. The minimum Gasteiger partial charge on any atom is -0.493 e. The van der Waals surface area contributed by atoms with Gasteiger partial charge >= 0.3 is 0 Å². The number of fused-ring (bicyclic) bond motifs is 1. The summed E-state index contributed by atoms with van der Waals surface area (Å²) < 4.78 is 6.17. The normalized spacial score (nSPS) is 18.1. The molecule has 4 rings (SSSR count). The van der Waals surface area contributed by atoms with Gasteiger partial charge in [0.2, 0.25) is 5.96 Å². The fourth-order valence-electron chi connectivity index (χ4n) is 4.19. The number of pyridine rings is 1. The molecule has 0 bridgehead atoms. The Kier molecular flexibility index (Phi) is 6.97. The molecule has 2 aliphatic heterocycles. The van der Waals surface area contributed by atoms with Crippen LogP contribution in [0.2, 0.25) is 0 Å². The summed E-state index contributed by atoms with van der Waals surface area (Å²) in [5, 5.41) is 24.1. The summed E-state index contributed by atoms with van der Waals surface area (Å²) in [6.07, 6.45) is 2.75. The highest BCUT2D eigenvalue weighted by Crippen LogP contribution is 2.43. The number of nitrogens with one attached hydrogen (secondary N) is 2. The number of benzene rings is 1. The molecular weight excluding hydrogens is 432 g/mol. The van der Waals surface area contributed by atoms with Crippen LogP contribution < -0.4 is 26.8 Å². The Balaban J connectivity index is 1.58. The first-order valence-electron chi connectivity index (χ1n) is 11.1. The fourth-order valence-corrected chi connectivity index (χ4v) is 4.19. The SMILES string of the molecule is CN1CCN(CCCOc2ccccc2C2N=C(NC#N)Nc3nc(N)c(C#N)c(N)c32)CC1. The molecule has 3 heterocycles. The quantitative estimate of drug-likeness (QED) is 0.278. The molecular formula is C23H28N10O. The molecule has 1 saturated heterocycles. The Morgan fingerprint density at radius 1 is 1.21 bits per heavy atom. The molecule has 6 N–H and O–H groups in total. The molecule has 1 atom stereocenters. The number of piperazine rings is 1. The maximum Gasteiger partial charge on any atom is 0.211 e. The number of anilines is 3. The van der Waals surface area contributed by atoms with Crippen molar-refractivity contribution in [3.05, 3.63) is 41.0 Å². The topological polar surface area (TPSA) is 165 Å². The minimum atomic E-state index is -0.638. The van der Waals surface area contributed by atoms with E-state index in [1.165, 1.54) is 0 Å². The number of aliphatic imine (C=N–C) groups is 1. The Labute approximate surface area is 198 Å². The van der Waals surface area contributed by atoms with Crippen molar-refractivity contribution in [3.63, 3.8) is 0 Å². The van der Waals surface area contributed by atoms with Gasteiger partial charge in [0.05, 0.1) is 12.3 Å². The standard InChI is InChI=1S/C23H28N10O/c1-32-8-10-33(11-9-32)7-4-12-34-17-6-3-2-5-15(17)20-18-19(26)16(13-24)21(27)30-22(18)31-23(29-20)28-14-25/h2-3,5-6,20H,4,7-12H2,1H3,(H6,26,27,28,29,30,31). The molecule has 2 aromatic rings. The predicted molar refractivity (Wildman–Crippen MR) is 130 cm³/mol. The maximum absolute atomic E-state index is 9.52. The van der Waals surface area contributed by atoms with Gasteiger partial charge in [0.1, 0.15) is 35.1 Å². The van der Waals surface area contributed by atoms with Gasteiger partial charge in [0, 0.05) is 43.9 Å². The van der Waals surface area contributed by atoms with E-state index < -0.39 is 6.04 Å². The minimum absolute atomic E-state index is 0.0108. The van der Waals surface area contributed by atoms with Crippen LogP contribution in [0.1, 0.15) is 29.2 Å². The van der Waals surface area contributed by atoms with E-state index in [9.17, 15) is 5.26 Å². The summed E-state index contributed by atoms with van der Waals surface area (Å²) in [5.74, 6) is 1.22. The third-order valence-electron chi connectivity index (χ3n) is 6.04. The van der Waals surface area contributed by atoms with Crippen molar-refractivity contribution >= 4 is 23.3 Å². The lowest BCUT2D eigenvalue weighted by Gasteiger charge is -2.32. The summed E-state index contributed by atoms with van der Waals surface area (Å²) in [4.78, 5) is 13.7. The van der Waals surface area contributed by atoms with Crippen LogP contribution in [0, 0.1) is 22.8 Å². The van der Waals surface area contributed by atoms with Gasteiger partial charge in [-0.2, -0.15) is 10.5 Å². The zero-order valence-electron chi connectivity index (χ0n) is 19.1. The van der Waals surface area contributed by atoms with Crippen LogP contribution in [0.5, 0.6) is 5.75 Å². The molecule has 1 aromatic carbocycles. The predicted octanol–water partition coefficient (Wildman–Crippen LogP) is 1.08. The lowest BCUT2D eigenvalue weighted by Crippen LogP contribution is -2.44. The van der Waals surface area contributed by atoms with Crippen molar-refractivity contribution in [1.29, 1.82) is 10.5 Å². The number of aromatic nitrogens is 1. The van der Waals surface area contributed by atoms with Gasteiger partial charge < -0.3 is 31.3 Å². The van der Waals surface area contributed by atoms with Crippen molar-refractivity contribution in [2.45, 2.75) is 12.5 Å². The number of nitrogen functional groups attached to an aromatic ring is 2. The molecule has 0 radical (unpaired) electrons. The zero-order chi connectivity index (χ0) is 24.1. The van der Waals surface area contributed by atoms with Crippen LogP contribution >= 0.6 is 0 Å². The van der Waals surface area contributed by atoms with Crippen molar-refractivity contribution in [3.8, 4) is 18.0 Å². The van der Waals surface area contributed by atoms with Gasteiger partial charge in [-0.3, -0.25) is 5.32 Å². The van der Waals surface area contributed by atoms with Crippen LogP contribution in [0.4, 0.5) is 17.3 Å². The molecule has 1 fully saturated rings. The number of nitrogens with two attached hydrogens (primary N) is 2. The van der Waals surface area contributed by atoms with Gasteiger partial charge in [-0.1, -0.05) is 18.2 Å². The number of nitriles is 2. The molecule has 34 heavy (non-hydrogen) atoms. The Morgan fingerprint density at radius 3 is 2.71 bits per heavy atom. The van der Waals surface area contributed by atoms with Crippen LogP contribution in [0.3, 0.4) is 0 Å².